The van der Waals surface area contributed by atoms with Crippen molar-refractivity contribution in [2.75, 3.05) is 13.2 Å². The molecule has 1 amide bonds. The highest BCUT2D eigenvalue weighted by Gasteiger charge is 2.53. The van der Waals surface area contributed by atoms with E-state index in [1.54, 1.807) is 12.1 Å². The third-order valence-corrected chi connectivity index (χ3v) is 9.00. The van der Waals surface area contributed by atoms with E-state index < -0.39 is 29.2 Å². The number of aliphatic hydroxyl groups excluding tert-OH is 1. The number of nitrogens with one attached hydrogen (secondary N) is 1. The lowest BCUT2D eigenvalue weighted by molar-refractivity contribution is -0.129. The first kappa shape index (κ1) is 33.1. The highest BCUT2D eigenvalue weighted by molar-refractivity contribution is 9.10. The van der Waals surface area contributed by atoms with Crippen LogP contribution in [0.5, 0.6) is 5.75 Å². The van der Waals surface area contributed by atoms with E-state index in [-0.39, 0.29) is 31.0 Å². The van der Waals surface area contributed by atoms with Gasteiger partial charge >= 0.3 is 0 Å². The molecule has 0 spiro atoms. The Labute approximate surface area is 286 Å². The highest BCUT2D eigenvalue weighted by atomic mass is 79.9. The number of aliphatic imine (C=N–C) groups is 1. The van der Waals surface area contributed by atoms with Crippen LogP contribution in [-0.2, 0) is 22.5 Å². The fraction of sp³-hybridized carbons (Fsp3) is 0.179. The summed E-state index contributed by atoms with van der Waals surface area (Å²) in [6.07, 6.45) is -0.192. The molecule has 6 rings (SSSR count). The largest absolute Gasteiger partial charge is 0.494 e. The summed E-state index contributed by atoms with van der Waals surface area (Å²) in [7, 11) is 0. The molecule has 2 N–H and O–H groups in total. The van der Waals surface area contributed by atoms with E-state index in [4.69, 9.17) is 19.6 Å². The number of amides is 1. The van der Waals surface area contributed by atoms with E-state index in [0.29, 0.717) is 24.3 Å². The van der Waals surface area contributed by atoms with E-state index in [1.807, 2.05) is 91.0 Å². The Morgan fingerprint density at radius 2 is 1.54 bits per heavy atom. The van der Waals surface area contributed by atoms with Crippen molar-refractivity contribution < 1.29 is 28.2 Å². The second-order valence-corrected chi connectivity index (χ2v) is 12.3. The van der Waals surface area contributed by atoms with Gasteiger partial charge < -0.3 is 19.9 Å². The van der Waals surface area contributed by atoms with Crippen molar-refractivity contribution in [3.63, 3.8) is 0 Å². The molecular formula is C39H33BrF2N2O4. The molecule has 1 aliphatic heterocycles. The standard InChI is InChI=1S/C39H33BrF2N2O4/c40-34-10-5-4-9-30(34)24-39(38(46)43-25-31-15-18-32(41)23-35(31)42)36(28-13-11-27(12-14-28)26-7-2-1-3-8-26)48-37(44-39)29-16-19-33(20-17-29)47-22-6-21-45/h1-5,7-20,23,36,45H,6,21-22,24-25H2,(H,43,46)/t36-,39-/m1/s1. The van der Waals surface area contributed by atoms with Crippen LogP contribution in [0.2, 0.25) is 0 Å². The summed E-state index contributed by atoms with van der Waals surface area (Å²) >= 11 is 3.64. The number of halogens is 3. The van der Waals surface area contributed by atoms with Gasteiger partial charge in [-0.15, -0.1) is 0 Å². The number of carbonyl (C=O) groups excluding carboxylic acids is 1. The van der Waals surface area contributed by atoms with Crippen molar-refractivity contribution in [2.45, 2.75) is 31.0 Å². The molecule has 5 aromatic carbocycles. The van der Waals surface area contributed by atoms with Crippen molar-refractivity contribution in [1.82, 2.24) is 5.32 Å². The zero-order chi connectivity index (χ0) is 33.5. The van der Waals surface area contributed by atoms with Gasteiger partial charge in [-0.05, 0) is 58.7 Å². The van der Waals surface area contributed by atoms with Crippen LogP contribution < -0.4 is 10.1 Å². The quantitative estimate of drug-likeness (QED) is 0.129. The first-order chi connectivity index (χ1) is 23.4. The highest BCUT2D eigenvalue weighted by Crippen LogP contribution is 2.44. The molecule has 0 saturated carbocycles. The second-order valence-electron chi connectivity index (χ2n) is 11.5. The lowest BCUT2D eigenvalue weighted by Gasteiger charge is -2.31. The monoisotopic (exact) mass is 710 g/mol. The average molecular weight is 712 g/mol. The summed E-state index contributed by atoms with van der Waals surface area (Å²) in [4.78, 5) is 19.6. The number of benzene rings is 5. The van der Waals surface area contributed by atoms with Crippen LogP contribution in [-0.4, -0.2) is 35.7 Å². The topological polar surface area (TPSA) is 80.2 Å². The Hall–Kier alpha value is -4.86. The summed E-state index contributed by atoms with van der Waals surface area (Å²) in [6, 6.07) is 35.9. The maximum Gasteiger partial charge on any atom is 0.252 e. The van der Waals surface area contributed by atoms with Gasteiger partial charge in [0.2, 0.25) is 5.90 Å². The summed E-state index contributed by atoms with van der Waals surface area (Å²) < 4.78 is 41.4. The van der Waals surface area contributed by atoms with E-state index in [2.05, 4.69) is 21.2 Å². The predicted octanol–water partition coefficient (Wildman–Crippen LogP) is 7.97. The van der Waals surface area contributed by atoms with Crippen molar-refractivity contribution in [3.05, 3.63) is 160 Å². The van der Waals surface area contributed by atoms with Crippen LogP contribution in [0.3, 0.4) is 0 Å². The van der Waals surface area contributed by atoms with Gasteiger partial charge in [0.1, 0.15) is 17.4 Å². The summed E-state index contributed by atoms with van der Waals surface area (Å²) in [5.74, 6) is -1.04. The number of hydrogen-bond acceptors (Lipinski definition) is 5. The summed E-state index contributed by atoms with van der Waals surface area (Å²) in [5.41, 5.74) is 2.88. The van der Waals surface area contributed by atoms with Crippen molar-refractivity contribution in [2.24, 2.45) is 4.99 Å². The third-order valence-electron chi connectivity index (χ3n) is 8.22. The van der Waals surface area contributed by atoms with E-state index >= 15 is 0 Å². The average Bonchev–Trinajstić information content (AvgIpc) is 3.50. The van der Waals surface area contributed by atoms with Crippen LogP contribution in [0.25, 0.3) is 11.1 Å². The molecular weight excluding hydrogens is 678 g/mol. The van der Waals surface area contributed by atoms with Crippen molar-refractivity contribution in [3.8, 4) is 16.9 Å². The molecule has 0 saturated heterocycles. The minimum absolute atomic E-state index is 0.0337. The summed E-state index contributed by atoms with van der Waals surface area (Å²) in [6.45, 7) is 0.233. The minimum atomic E-state index is -1.51. The maximum atomic E-state index is 14.6. The SMILES string of the molecule is O=C(NCc1ccc(F)cc1F)[C@]1(Cc2ccccc2Br)N=C(c2ccc(OCCCO)cc2)O[C@@H]1c1ccc(-c2ccccc2)cc1. The molecule has 244 valence electrons. The van der Waals surface area contributed by atoms with Crippen LogP contribution in [0.15, 0.2) is 131 Å². The molecule has 1 heterocycles. The lowest BCUT2D eigenvalue weighted by atomic mass is 9.81. The minimum Gasteiger partial charge on any atom is -0.494 e. The van der Waals surface area contributed by atoms with E-state index in [1.165, 1.54) is 6.07 Å². The molecule has 1 aliphatic rings. The van der Waals surface area contributed by atoms with Crippen LogP contribution in [0.4, 0.5) is 8.78 Å². The number of hydrogen-bond donors (Lipinski definition) is 2. The van der Waals surface area contributed by atoms with Gasteiger partial charge in [0.05, 0.1) is 6.61 Å². The molecule has 9 heteroatoms. The Morgan fingerprint density at radius 3 is 2.25 bits per heavy atom. The Balaban J connectivity index is 1.42. The van der Waals surface area contributed by atoms with Gasteiger partial charge in [-0.3, -0.25) is 4.79 Å². The molecule has 5 aromatic rings. The predicted molar refractivity (Wildman–Crippen MR) is 185 cm³/mol. The van der Waals surface area contributed by atoms with Gasteiger partial charge in [0.25, 0.3) is 5.91 Å². The number of ether oxygens (including phenoxy) is 2. The zero-order valence-corrected chi connectivity index (χ0v) is 27.5. The molecule has 2 atom stereocenters. The number of nitrogens with zero attached hydrogens (tertiary/aromatic N) is 1. The third kappa shape index (κ3) is 7.32. The van der Waals surface area contributed by atoms with Gasteiger partial charge in [-0.1, -0.05) is 94.8 Å². The maximum absolute atomic E-state index is 14.6. The van der Waals surface area contributed by atoms with Crippen LogP contribution >= 0.6 is 15.9 Å². The summed E-state index contributed by atoms with van der Waals surface area (Å²) in [5, 5.41) is 12.0. The molecule has 0 fully saturated rings. The van der Waals surface area contributed by atoms with Crippen LogP contribution in [0, 0.1) is 11.6 Å². The van der Waals surface area contributed by atoms with Crippen LogP contribution in [0.1, 0.15) is 34.8 Å². The number of rotatable bonds is 12. The number of aliphatic hydroxyl groups is 1. The fourth-order valence-electron chi connectivity index (χ4n) is 5.69. The molecule has 48 heavy (non-hydrogen) atoms. The molecule has 0 bridgehead atoms. The van der Waals surface area contributed by atoms with Gasteiger partial charge in [-0.25, -0.2) is 13.8 Å². The smallest absolute Gasteiger partial charge is 0.252 e. The first-order valence-corrected chi connectivity index (χ1v) is 16.4. The zero-order valence-electron chi connectivity index (χ0n) is 25.9. The van der Waals surface area contributed by atoms with Crippen molar-refractivity contribution in [1.29, 1.82) is 0 Å². The Bertz CT molecular complexity index is 1900. The van der Waals surface area contributed by atoms with Crippen molar-refractivity contribution >= 4 is 27.7 Å². The Morgan fingerprint density at radius 1 is 0.854 bits per heavy atom. The fourth-order valence-corrected chi connectivity index (χ4v) is 6.11. The molecule has 0 radical (unpaired) electrons. The Kier molecular flexibility index (Phi) is 10.3. The first-order valence-electron chi connectivity index (χ1n) is 15.6. The molecule has 0 aromatic heterocycles. The molecule has 0 aliphatic carbocycles. The van der Waals surface area contributed by atoms with Gasteiger partial charge in [0.15, 0.2) is 11.6 Å². The number of carbonyl (C=O) groups is 1. The lowest BCUT2D eigenvalue weighted by Crippen LogP contribution is -2.49. The van der Waals surface area contributed by atoms with E-state index in [0.717, 1.165) is 38.9 Å². The normalized spacial score (nSPS) is 17.0. The van der Waals surface area contributed by atoms with E-state index in [9.17, 15) is 13.6 Å². The second kappa shape index (κ2) is 14.9. The van der Waals surface area contributed by atoms with Gasteiger partial charge in [-0.2, -0.15) is 0 Å². The molecule has 0 unspecified atom stereocenters. The van der Waals surface area contributed by atoms with Gasteiger partial charge in [0, 0.05) is 47.7 Å². The molecule has 6 nitrogen and oxygen atoms in total.